The second kappa shape index (κ2) is 11.4. The van der Waals surface area contributed by atoms with E-state index in [-0.39, 0.29) is 12.3 Å². The summed E-state index contributed by atoms with van der Waals surface area (Å²) in [6.07, 6.45) is 21.0. The first-order valence-corrected chi connectivity index (χ1v) is 12.0. The fourth-order valence-electron chi connectivity index (χ4n) is 6.05. The summed E-state index contributed by atoms with van der Waals surface area (Å²) < 4.78 is 12.0. The van der Waals surface area contributed by atoms with Crippen LogP contribution in [0, 0.1) is 23.7 Å². The van der Waals surface area contributed by atoms with Gasteiger partial charge in [-0.15, -0.1) is 0 Å². The molecule has 3 aliphatic carbocycles. The summed E-state index contributed by atoms with van der Waals surface area (Å²) in [5.74, 6) is 2.80. The van der Waals surface area contributed by atoms with Gasteiger partial charge >= 0.3 is 5.97 Å². The number of carbonyl (C=O) groups is 1. The van der Waals surface area contributed by atoms with E-state index >= 15 is 0 Å². The molecule has 0 aliphatic heterocycles. The largest absolute Gasteiger partial charge is 0.436 e. The first kappa shape index (κ1) is 21.1. The minimum Gasteiger partial charge on any atom is -0.436 e. The molecule has 0 bridgehead atoms. The van der Waals surface area contributed by atoms with Gasteiger partial charge in [0.2, 0.25) is 6.29 Å². The Morgan fingerprint density at radius 3 is 1.74 bits per heavy atom. The molecule has 3 saturated carbocycles. The average Bonchev–Trinajstić information content (AvgIpc) is 2.71. The molecule has 3 aliphatic rings. The highest BCUT2D eigenvalue weighted by Gasteiger charge is 2.34. The van der Waals surface area contributed by atoms with Crippen molar-refractivity contribution in [1.29, 1.82) is 0 Å². The normalized spacial score (nSPS) is 24.8. The third-order valence-corrected chi connectivity index (χ3v) is 7.52. The highest BCUT2D eigenvalue weighted by molar-refractivity contribution is 5.66. The molecule has 0 N–H and O–H groups in total. The summed E-state index contributed by atoms with van der Waals surface area (Å²) in [6, 6.07) is 0. The molecule has 3 rings (SSSR count). The van der Waals surface area contributed by atoms with Crippen molar-refractivity contribution in [2.75, 3.05) is 6.61 Å². The van der Waals surface area contributed by atoms with Gasteiger partial charge in [-0.05, 0) is 36.5 Å². The molecule has 0 heterocycles. The summed E-state index contributed by atoms with van der Waals surface area (Å²) >= 11 is 0. The molecule has 3 heteroatoms. The number of hydrogen-bond acceptors (Lipinski definition) is 3. The Bertz CT molecular complexity index is 399. The van der Waals surface area contributed by atoms with Crippen molar-refractivity contribution in [2.24, 2.45) is 23.7 Å². The summed E-state index contributed by atoms with van der Waals surface area (Å²) in [7, 11) is 0. The molecule has 0 aromatic heterocycles. The molecule has 1 unspecified atom stereocenters. The quantitative estimate of drug-likeness (QED) is 0.351. The van der Waals surface area contributed by atoms with Crippen LogP contribution in [0.2, 0.25) is 0 Å². The minimum atomic E-state index is -0.321. The molecule has 0 spiro atoms. The van der Waals surface area contributed by atoms with E-state index in [2.05, 4.69) is 0 Å². The lowest BCUT2D eigenvalue weighted by atomic mass is 9.68. The summed E-state index contributed by atoms with van der Waals surface area (Å²) in [5, 5.41) is 0. The maximum absolute atomic E-state index is 11.7. The average molecular weight is 379 g/mol. The van der Waals surface area contributed by atoms with Crippen molar-refractivity contribution in [2.45, 2.75) is 116 Å². The fourth-order valence-corrected chi connectivity index (χ4v) is 6.05. The maximum Gasteiger partial charge on any atom is 0.304 e. The second-order valence-corrected chi connectivity index (χ2v) is 9.57. The molecule has 27 heavy (non-hydrogen) atoms. The van der Waals surface area contributed by atoms with Crippen LogP contribution in [0.25, 0.3) is 0 Å². The molecule has 0 aromatic carbocycles. The zero-order chi connectivity index (χ0) is 18.9. The monoisotopic (exact) mass is 378 g/mol. The number of carbonyl (C=O) groups excluding carboxylic acids is 1. The predicted octanol–water partition coefficient (Wildman–Crippen LogP) is 6.64. The zero-order valence-corrected chi connectivity index (χ0v) is 17.6. The lowest BCUT2D eigenvalue weighted by Gasteiger charge is -2.39. The van der Waals surface area contributed by atoms with E-state index in [4.69, 9.17) is 9.47 Å². The molecule has 3 nitrogen and oxygen atoms in total. The van der Waals surface area contributed by atoms with Gasteiger partial charge in [-0.3, -0.25) is 4.79 Å². The summed E-state index contributed by atoms with van der Waals surface area (Å²) in [5.41, 5.74) is 0. The molecular weight excluding hydrogens is 336 g/mol. The number of esters is 1. The van der Waals surface area contributed by atoms with Gasteiger partial charge in [0.15, 0.2) is 0 Å². The SMILES string of the molecule is CC(=O)OC(CC(C1CCCCC1)C1CCCCC1)OCC1CCCCC1. The lowest BCUT2D eigenvalue weighted by molar-refractivity contribution is -0.186. The molecule has 1 atom stereocenters. The standard InChI is InChI=1S/C24H42O3/c1-19(25)27-24(26-18-20-11-5-2-6-12-20)17-23(21-13-7-3-8-14-21)22-15-9-4-10-16-22/h20-24H,2-18H2,1H3. The summed E-state index contributed by atoms with van der Waals surface area (Å²) in [6.45, 7) is 2.31. The molecule has 0 radical (unpaired) electrons. The number of hydrogen-bond donors (Lipinski definition) is 0. The van der Waals surface area contributed by atoms with E-state index in [1.54, 1.807) is 0 Å². The van der Waals surface area contributed by atoms with E-state index in [0.29, 0.717) is 11.8 Å². The first-order valence-electron chi connectivity index (χ1n) is 12.0. The Morgan fingerprint density at radius 2 is 1.26 bits per heavy atom. The van der Waals surface area contributed by atoms with Crippen LogP contribution in [0.5, 0.6) is 0 Å². The number of ether oxygens (including phenoxy) is 2. The van der Waals surface area contributed by atoms with Crippen LogP contribution >= 0.6 is 0 Å². The highest BCUT2D eigenvalue weighted by Crippen LogP contribution is 2.42. The van der Waals surface area contributed by atoms with Crippen LogP contribution in [0.3, 0.4) is 0 Å². The second-order valence-electron chi connectivity index (χ2n) is 9.57. The third-order valence-electron chi connectivity index (χ3n) is 7.52. The predicted molar refractivity (Wildman–Crippen MR) is 109 cm³/mol. The zero-order valence-electron chi connectivity index (χ0n) is 17.6. The molecule has 0 aromatic rings. The van der Waals surface area contributed by atoms with E-state index in [1.165, 1.54) is 103 Å². The van der Waals surface area contributed by atoms with Gasteiger partial charge in [-0.2, -0.15) is 0 Å². The van der Waals surface area contributed by atoms with E-state index in [9.17, 15) is 4.79 Å². The van der Waals surface area contributed by atoms with Crippen LogP contribution in [-0.2, 0) is 14.3 Å². The highest BCUT2D eigenvalue weighted by atomic mass is 16.7. The smallest absolute Gasteiger partial charge is 0.304 e. The van der Waals surface area contributed by atoms with E-state index in [1.807, 2.05) is 0 Å². The Labute approximate surface area is 167 Å². The van der Waals surface area contributed by atoms with Gasteiger partial charge in [0.05, 0.1) is 6.61 Å². The van der Waals surface area contributed by atoms with Crippen LogP contribution in [0.15, 0.2) is 0 Å². The van der Waals surface area contributed by atoms with Gasteiger partial charge in [0.25, 0.3) is 0 Å². The van der Waals surface area contributed by atoms with Gasteiger partial charge < -0.3 is 9.47 Å². The Balaban J connectivity index is 1.60. The molecule has 156 valence electrons. The van der Waals surface area contributed by atoms with Crippen molar-refractivity contribution in [3.05, 3.63) is 0 Å². The molecular formula is C24H42O3. The Kier molecular flexibility index (Phi) is 8.96. The fraction of sp³-hybridized carbons (Fsp3) is 0.958. The third kappa shape index (κ3) is 7.07. The molecule has 0 amide bonds. The Morgan fingerprint density at radius 1 is 0.778 bits per heavy atom. The van der Waals surface area contributed by atoms with Crippen LogP contribution < -0.4 is 0 Å². The van der Waals surface area contributed by atoms with Crippen molar-refractivity contribution in [3.8, 4) is 0 Å². The van der Waals surface area contributed by atoms with Crippen molar-refractivity contribution in [1.82, 2.24) is 0 Å². The Hall–Kier alpha value is -0.570. The van der Waals surface area contributed by atoms with E-state index < -0.39 is 0 Å². The van der Waals surface area contributed by atoms with Crippen molar-refractivity contribution in [3.63, 3.8) is 0 Å². The van der Waals surface area contributed by atoms with Crippen molar-refractivity contribution < 1.29 is 14.3 Å². The summed E-state index contributed by atoms with van der Waals surface area (Å²) in [4.78, 5) is 11.7. The van der Waals surface area contributed by atoms with E-state index in [0.717, 1.165) is 24.9 Å². The van der Waals surface area contributed by atoms with Crippen LogP contribution in [0.4, 0.5) is 0 Å². The van der Waals surface area contributed by atoms with Gasteiger partial charge in [-0.25, -0.2) is 0 Å². The van der Waals surface area contributed by atoms with Crippen molar-refractivity contribution >= 4 is 5.97 Å². The lowest BCUT2D eigenvalue weighted by Crippen LogP contribution is -2.34. The van der Waals surface area contributed by atoms with Crippen LogP contribution in [-0.4, -0.2) is 18.9 Å². The van der Waals surface area contributed by atoms with Gasteiger partial charge in [0.1, 0.15) is 0 Å². The topological polar surface area (TPSA) is 35.5 Å². The maximum atomic E-state index is 11.7. The molecule has 0 saturated heterocycles. The minimum absolute atomic E-state index is 0.185. The number of rotatable bonds is 8. The van der Waals surface area contributed by atoms with Gasteiger partial charge in [0, 0.05) is 13.3 Å². The molecule has 3 fully saturated rings. The van der Waals surface area contributed by atoms with Gasteiger partial charge in [-0.1, -0.05) is 83.5 Å². The first-order chi connectivity index (χ1) is 13.2. The van der Waals surface area contributed by atoms with Crippen LogP contribution in [0.1, 0.15) is 110 Å².